The first kappa shape index (κ1) is 17.0. The highest BCUT2D eigenvalue weighted by Gasteiger charge is 2.15. The van der Waals surface area contributed by atoms with Crippen LogP contribution in [0, 0.1) is 0 Å². The highest BCUT2D eigenvalue weighted by Crippen LogP contribution is 2.26. The third-order valence-corrected chi connectivity index (χ3v) is 4.57. The Morgan fingerprint density at radius 2 is 2.17 bits per heavy atom. The lowest BCUT2D eigenvalue weighted by molar-refractivity contribution is -0.116. The number of likely N-dealkylation sites (tertiary alicyclic amines) is 1. The number of carbonyl (C=O) groups excluding carboxylic acids is 1. The molecular formula is C19H26N2O3. The fraction of sp³-hybridized carbons (Fsp3) is 0.526. The lowest BCUT2D eigenvalue weighted by atomic mass is 10.1. The number of benzene rings is 1. The Bertz CT molecular complexity index is 594. The molecule has 1 fully saturated rings. The maximum atomic E-state index is 11.9. The van der Waals surface area contributed by atoms with E-state index in [0.717, 1.165) is 37.4 Å². The largest absolute Gasteiger partial charge is 0.493 e. The summed E-state index contributed by atoms with van der Waals surface area (Å²) in [6, 6.07) is 5.94. The van der Waals surface area contributed by atoms with Gasteiger partial charge in [0.05, 0.1) is 12.7 Å². The second-order valence-electron chi connectivity index (χ2n) is 6.56. The van der Waals surface area contributed by atoms with Crippen molar-refractivity contribution in [1.29, 1.82) is 0 Å². The van der Waals surface area contributed by atoms with Crippen molar-refractivity contribution < 1.29 is 14.6 Å². The summed E-state index contributed by atoms with van der Waals surface area (Å²) in [6.45, 7) is 3.75. The van der Waals surface area contributed by atoms with Crippen molar-refractivity contribution in [1.82, 2.24) is 10.2 Å². The third-order valence-electron chi connectivity index (χ3n) is 4.57. The van der Waals surface area contributed by atoms with Crippen molar-refractivity contribution in [3.05, 3.63) is 35.4 Å². The van der Waals surface area contributed by atoms with Gasteiger partial charge in [0.1, 0.15) is 5.75 Å². The van der Waals surface area contributed by atoms with Crippen LogP contribution < -0.4 is 10.1 Å². The molecule has 1 aromatic rings. The van der Waals surface area contributed by atoms with Gasteiger partial charge in [0.25, 0.3) is 0 Å². The standard InChI is InChI=1S/C19H26N2O3/c22-17(14-21-9-2-1-3-10-21)13-20-19(23)7-5-15-4-6-18-16(12-15)8-11-24-18/h4-7,12,17,22H,1-3,8-11,13-14H2,(H,20,23)/t17-/m1/s1. The van der Waals surface area contributed by atoms with E-state index >= 15 is 0 Å². The third kappa shape index (κ3) is 4.82. The number of hydrogen-bond donors (Lipinski definition) is 2. The van der Waals surface area contributed by atoms with Crippen LogP contribution in [0.5, 0.6) is 5.75 Å². The van der Waals surface area contributed by atoms with E-state index in [1.165, 1.54) is 30.9 Å². The number of nitrogens with one attached hydrogen (secondary N) is 1. The molecule has 1 saturated heterocycles. The summed E-state index contributed by atoms with van der Waals surface area (Å²) in [6.07, 6.45) is 7.41. The minimum atomic E-state index is -0.516. The van der Waals surface area contributed by atoms with Gasteiger partial charge >= 0.3 is 0 Å². The van der Waals surface area contributed by atoms with Gasteiger partial charge in [-0.15, -0.1) is 0 Å². The topological polar surface area (TPSA) is 61.8 Å². The molecule has 1 aromatic carbocycles. The highest BCUT2D eigenvalue weighted by molar-refractivity contribution is 5.91. The van der Waals surface area contributed by atoms with Crippen LogP contribution in [0.4, 0.5) is 0 Å². The van der Waals surface area contributed by atoms with Crippen molar-refractivity contribution >= 4 is 12.0 Å². The zero-order valence-electron chi connectivity index (χ0n) is 14.0. The number of hydrogen-bond acceptors (Lipinski definition) is 4. The fourth-order valence-electron chi connectivity index (χ4n) is 3.26. The molecule has 130 valence electrons. The molecule has 1 amide bonds. The maximum absolute atomic E-state index is 11.9. The van der Waals surface area contributed by atoms with Gasteiger partial charge in [-0.1, -0.05) is 12.5 Å². The molecule has 5 nitrogen and oxygen atoms in total. The first-order chi connectivity index (χ1) is 11.7. The minimum Gasteiger partial charge on any atom is -0.493 e. The van der Waals surface area contributed by atoms with E-state index < -0.39 is 6.10 Å². The van der Waals surface area contributed by atoms with Crippen molar-refractivity contribution in [3.8, 4) is 5.75 Å². The molecule has 2 aliphatic rings. The number of β-amino-alcohol motifs (C(OH)–C–C–N with tert-alkyl or cyclic N) is 1. The molecule has 24 heavy (non-hydrogen) atoms. The van der Waals surface area contributed by atoms with Crippen molar-refractivity contribution in [2.75, 3.05) is 32.8 Å². The predicted molar refractivity (Wildman–Crippen MR) is 94.0 cm³/mol. The molecule has 0 aromatic heterocycles. The van der Waals surface area contributed by atoms with Crippen LogP contribution in [0.3, 0.4) is 0 Å². The molecular weight excluding hydrogens is 304 g/mol. The average Bonchev–Trinajstić information content (AvgIpc) is 3.07. The number of carbonyl (C=O) groups is 1. The molecule has 0 radical (unpaired) electrons. The highest BCUT2D eigenvalue weighted by atomic mass is 16.5. The number of rotatable bonds is 6. The van der Waals surface area contributed by atoms with Gasteiger partial charge in [-0.25, -0.2) is 0 Å². The summed E-state index contributed by atoms with van der Waals surface area (Å²) in [7, 11) is 0. The minimum absolute atomic E-state index is 0.176. The number of ether oxygens (including phenoxy) is 1. The zero-order chi connectivity index (χ0) is 16.8. The molecule has 5 heteroatoms. The van der Waals surface area contributed by atoms with E-state index in [2.05, 4.69) is 16.3 Å². The van der Waals surface area contributed by atoms with Crippen molar-refractivity contribution in [2.45, 2.75) is 31.8 Å². The van der Waals surface area contributed by atoms with E-state index in [-0.39, 0.29) is 12.5 Å². The lowest BCUT2D eigenvalue weighted by Crippen LogP contribution is -2.41. The second kappa shape index (κ2) is 8.31. The lowest BCUT2D eigenvalue weighted by Gasteiger charge is -2.28. The first-order valence-electron chi connectivity index (χ1n) is 8.83. The Labute approximate surface area is 143 Å². The van der Waals surface area contributed by atoms with Gasteiger partial charge in [-0.2, -0.15) is 0 Å². The Morgan fingerprint density at radius 1 is 1.33 bits per heavy atom. The summed E-state index contributed by atoms with van der Waals surface area (Å²) in [5, 5.41) is 12.8. The Morgan fingerprint density at radius 3 is 3.00 bits per heavy atom. The predicted octanol–water partition coefficient (Wildman–Crippen LogP) is 1.60. The van der Waals surface area contributed by atoms with E-state index in [4.69, 9.17) is 4.74 Å². The number of aliphatic hydroxyl groups is 1. The van der Waals surface area contributed by atoms with Crippen LogP contribution in [0.1, 0.15) is 30.4 Å². The number of amides is 1. The molecule has 2 heterocycles. The van der Waals surface area contributed by atoms with E-state index in [1.807, 2.05) is 12.1 Å². The zero-order valence-corrected chi connectivity index (χ0v) is 14.0. The number of fused-ring (bicyclic) bond motifs is 1. The monoisotopic (exact) mass is 330 g/mol. The number of nitrogens with zero attached hydrogens (tertiary/aromatic N) is 1. The molecule has 2 N–H and O–H groups in total. The average molecular weight is 330 g/mol. The van der Waals surface area contributed by atoms with E-state index in [0.29, 0.717) is 6.54 Å². The summed E-state index contributed by atoms with van der Waals surface area (Å²) >= 11 is 0. The molecule has 0 bridgehead atoms. The molecule has 1 atom stereocenters. The normalized spacial score (nSPS) is 19.0. The summed E-state index contributed by atoms with van der Waals surface area (Å²) in [5.41, 5.74) is 2.18. The van der Waals surface area contributed by atoms with Gasteiger partial charge in [-0.05, 0) is 55.3 Å². The van der Waals surface area contributed by atoms with Gasteiger partial charge in [-0.3, -0.25) is 4.79 Å². The molecule has 2 aliphatic heterocycles. The quantitative estimate of drug-likeness (QED) is 0.778. The number of aliphatic hydroxyl groups excluding tert-OH is 1. The molecule has 0 aliphatic carbocycles. The first-order valence-corrected chi connectivity index (χ1v) is 8.83. The van der Waals surface area contributed by atoms with E-state index in [9.17, 15) is 9.90 Å². The SMILES string of the molecule is O=C(C=Cc1ccc2c(c1)CCO2)NC[C@@H](O)CN1CCCCC1. The van der Waals surface area contributed by atoms with Crippen molar-refractivity contribution in [3.63, 3.8) is 0 Å². The van der Waals surface area contributed by atoms with Gasteiger partial charge < -0.3 is 20.1 Å². The van der Waals surface area contributed by atoms with E-state index in [1.54, 1.807) is 6.08 Å². The van der Waals surface area contributed by atoms with Crippen LogP contribution in [0.2, 0.25) is 0 Å². The van der Waals surface area contributed by atoms with Gasteiger partial charge in [0.15, 0.2) is 0 Å². The van der Waals surface area contributed by atoms with Gasteiger partial charge in [0, 0.05) is 25.6 Å². The second-order valence-corrected chi connectivity index (χ2v) is 6.56. The Kier molecular flexibility index (Phi) is 5.88. The fourth-order valence-corrected chi connectivity index (χ4v) is 3.26. The summed E-state index contributed by atoms with van der Waals surface area (Å²) < 4.78 is 5.47. The number of piperidine rings is 1. The summed E-state index contributed by atoms with van der Waals surface area (Å²) in [4.78, 5) is 14.2. The van der Waals surface area contributed by atoms with Gasteiger partial charge in [0.2, 0.25) is 5.91 Å². The smallest absolute Gasteiger partial charge is 0.244 e. The van der Waals surface area contributed by atoms with Crippen LogP contribution >= 0.6 is 0 Å². The molecule has 0 unspecified atom stereocenters. The maximum Gasteiger partial charge on any atom is 0.244 e. The van der Waals surface area contributed by atoms with Crippen LogP contribution in [-0.2, 0) is 11.2 Å². The van der Waals surface area contributed by atoms with Crippen LogP contribution in [0.15, 0.2) is 24.3 Å². The molecule has 0 saturated carbocycles. The van der Waals surface area contributed by atoms with Crippen LogP contribution in [-0.4, -0.2) is 54.8 Å². The summed E-state index contributed by atoms with van der Waals surface area (Å²) in [5.74, 6) is 0.766. The van der Waals surface area contributed by atoms with Crippen molar-refractivity contribution in [2.24, 2.45) is 0 Å². The molecule has 0 spiro atoms. The van der Waals surface area contributed by atoms with Crippen LogP contribution in [0.25, 0.3) is 6.08 Å². The molecule has 3 rings (SSSR count). The Balaban J connectivity index is 1.41. The Hall–Kier alpha value is -1.85.